The van der Waals surface area contributed by atoms with Crippen LogP contribution in [-0.2, 0) is 16.8 Å². The van der Waals surface area contributed by atoms with Gasteiger partial charge in [0.05, 0.1) is 11.4 Å². The molecule has 0 aliphatic carbocycles. The molecule has 6 aromatic rings. The van der Waals surface area contributed by atoms with Crippen LogP contribution >= 0.6 is 0 Å². The van der Waals surface area contributed by atoms with Gasteiger partial charge in [-0.05, 0) is 51.1 Å². The molecule has 0 fully saturated rings. The van der Waals surface area contributed by atoms with Gasteiger partial charge in [-0.1, -0.05) is 169 Å². The van der Waals surface area contributed by atoms with E-state index < -0.39 is 0 Å². The van der Waals surface area contributed by atoms with Crippen LogP contribution < -0.4 is 20.7 Å². The molecule has 3 aliphatic rings. The van der Waals surface area contributed by atoms with Crippen LogP contribution in [0, 0.1) is 0 Å². The molecule has 0 saturated carbocycles. The number of nitrogens with zero attached hydrogens (tertiary/aromatic N) is 4. The second-order valence-corrected chi connectivity index (χ2v) is 12.0. The van der Waals surface area contributed by atoms with E-state index in [9.17, 15) is 0 Å². The molecule has 49 heavy (non-hydrogen) atoms. The van der Waals surface area contributed by atoms with Crippen molar-refractivity contribution in [2.45, 2.75) is 6.04 Å². The van der Waals surface area contributed by atoms with E-state index in [1.54, 1.807) is 0 Å². The zero-order valence-corrected chi connectivity index (χ0v) is 27.4. The van der Waals surface area contributed by atoms with E-state index in [0.29, 0.717) is 0 Å². The van der Waals surface area contributed by atoms with Crippen LogP contribution in [0.15, 0.2) is 186 Å². The van der Waals surface area contributed by atoms with Gasteiger partial charge in [0.25, 0.3) is 0 Å². The van der Waals surface area contributed by atoms with Crippen LogP contribution in [0.2, 0.25) is 0 Å². The van der Waals surface area contributed by atoms with E-state index in [4.69, 9.17) is 20.3 Å². The minimum Gasteiger partial charge on any atom is -0.674 e. The summed E-state index contributed by atoms with van der Waals surface area (Å²) in [6.45, 7) is 0. The van der Waals surface area contributed by atoms with Gasteiger partial charge >= 0.3 is 16.8 Å². The summed E-state index contributed by atoms with van der Waals surface area (Å²) in [6.07, 6.45) is 8.54. The normalized spacial score (nSPS) is 21.6. The van der Waals surface area contributed by atoms with E-state index in [-0.39, 0.29) is 22.8 Å². The Bertz CT molecular complexity index is 2440. The molecule has 3 aliphatic heterocycles. The summed E-state index contributed by atoms with van der Waals surface area (Å²) in [7, 11) is 0. The standard InChI is InChI=1S/C44H29N4.Co/c1-5-13-29(14-6-1)41-33-21-23-35(45-33)42(30-15-7-2-8-16-30)37-25-27-39(47-37)44(32-19-11-4-12-20-32)40-28-26-38(48-40)43(31-17-9-3-10-18-31)36-24-22-34(41)46-36;/h1-28,33H;/q-3;+3/b41-34-,42-35-,43-36-,44-40-;. The average molecular weight is 673 g/mol. The first-order valence-electron chi connectivity index (χ1n) is 16.2. The minimum atomic E-state index is -0.221. The Labute approximate surface area is 295 Å². The zero-order valence-electron chi connectivity index (χ0n) is 26.4. The Balaban J connectivity index is 0.00000348. The van der Waals surface area contributed by atoms with Crippen molar-refractivity contribution in [1.29, 1.82) is 0 Å². The van der Waals surface area contributed by atoms with E-state index in [2.05, 4.69) is 146 Å². The van der Waals surface area contributed by atoms with E-state index in [1.807, 2.05) is 24.3 Å². The zero-order chi connectivity index (χ0) is 31.9. The van der Waals surface area contributed by atoms with Gasteiger partial charge < -0.3 is 15.3 Å². The number of fused-ring (bicyclic) bond motifs is 7. The maximum Gasteiger partial charge on any atom is 3.00 e. The van der Waals surface area contributed by atoms with Crippen LogP contribution in [0.25, 0.3) is 27.6 Å². The van der Waals surface area contributed by atoms with E-state index in [0.717, 1.165) is 83.7 Å². The van der Waals surface area contributed by atoms with Crippen molar-refractivity contribution in [2.24, 2.45) is 4.99 Å². The molecule has 4 nitrogen and oxygen atoms in total. The van der Waals surface area contributed by atoms with Crippen LogP contribution in [0.5, 0.6) is 0 Å². The van der Waals surface area contributed by atoms with Gasteiger partial charge in [-0.25, -0.2) is 4.99 Å². The second-order valence-electron chi connectivity index (χ2n) is 12.0. The first kappa shape index (κ1) is 30.4. The molecular weight excluding hydrogens is 643 g/mol. The summed E-state index contributed by atoms with van der Waals surface area (Å²) in [5.74, 6) is 0. The molecule has 234 valence electrons. The molecule has 0 saturated heterocycles. The van der Waals surface area contributed by atoms with Crippen molar-refractivity contribution in [2.75, 3.05) is 0 Å². The molecule has 0 N–H and O–H groups in total. The number of benzene rings is 4. The Morgan fingerprint density at radius 2 is 0.980 bits per heavy atom. The molecule has 0 spiro atoms. The molecule has 5 heterocycles. The van der Waals surface area contributed by atoms with Crippen LogP contribution in [0.4, 0.5) is 0 Å². The predicted molar refractivity (Wildman–Crippen MR) is 194 cm³/mol. The van der Waals surface area contributed by atoms with E-state index in [1.165, 1.54) is 0 Å². The summed E-state index contributed by atoms with van der Waals surface area (Å²) in [6, 6.07) is 50.0. The number of aromatic nitrogens is 2. The third-order valence-electron chi connectivity index (χ3n) is 9.02. The Kier molecular flexibility index (Phi) is 8.05. The smallest absolute Gasteiger partial charge is 0.674 e. The van der Waals surface area contributed by atoms with Crippen molar-refractivity contribution >= 4 is 28.0 Å². The van der Waals surface area contributed by atoms with Crippen LogP contribution in [0.3, 0.4) is 0 Å². The third-order valence-corrected chi connectivity index (χ3v) is 9.02. The Hall–Kier alpha value is -5.88. The fraction of sp³-hybridized carbons (Fsp3) is 0.0227. The fourth-order valence-corrected chi connectivity index (χ4v) is 6.84. The van der Waals surface area contributed by atoms with E-state index >= 15 is 0 Å². The average Bonchev–Trinajstić information content (AvgIpc) is 3.98. The predicted octanol–water partition coefficient (Wildman–Crippen LogP) is 7.55. The number of aliphatic imine (C=N–C) groups is 1. The molecule has 0 amide bonds. The first-order valence-corrected chi connectivity index (χ1v) is 16.2. The van der Waals surface area contributed by atoms with Crippen molar-refractivity contribution < 1.29 is 16.8 Å². The SMILES string of the molecule is C1=C/C2=C(\c3ccccc3)c3ccc([n-]3)/C(c3ccccc3)=C3/C=CC([N-]3)/C(c3ccccc3)=c3/cc/c([n-]3)=C(\c3ccccc3)C1=N2.[Co+3]. The van der Waals surface area contributed by atoms with Gasteiger partial charge in [0.2, 0.25) is 0 Å². The number of allylic oxidation sites excluding steroid dienone is 3. The fourth-order valence-electron chi connectivity index (χ4n) is 6.84. The monoisotopic (exact) mass is 672 g/mol. The molecule has 8 bridgehead atoms. The van der Waals surface area contributed by atoms with Gasteiger partial charge in [0.15, 0.2) is 0 Å². The number of hydrogen-bond donors (Lipinski definition) is 0. The summed E-state index contributed by atoms with van der Waals surface area (Å²) in [4.78, 5) is 16.0. The number of rotatable bonds is 4. The van der Waals surface area contributed by atoms with Gasteiger partial charge in [-0.2, -0.15) is 0 Å². The van der Waals surface area contributed by atoms with Gasteiger partial charge in [-0.15, -0.1) is 27.8 Å². The topological polar surface area (TPSA) is 54.7 Å². The molecule has 2 aromatic heterocycles. The summed E-state index contributed by atoms with van der Waals surface area (Å²) >= 11 is 0. The quantitative estimate of drug-likeness (QED) is 0.194. The molecule has 0 radical (unpaired) electrons. The maximum atomic E-state index is 5.39. The molecule has 1 atom stereocenters. The van der Waals surface area contributed by atoms with Crippen LogP contribution in [-0.4, -0.2) is 11.8 Å². The third kappa shape index (κ3) is 5.59. The van der Waals surface area contributed by atoms with Gasteiger partial charge in [0.1, 0.15) is 0 Å². The molecule has 9 rings (SSSR count). The molecular formula is C44H29CoN4. The van der Waals surface area contributed by atoms with Gasteiger partial charge in [-0.3, -0.25) is 0 Å². The molecule has 4 aromatic carbocycles. The van der Waals surface area contributed by atoms with Crippen LogP contribution in [0.1, 0.15) is 33.6 Å². The summed E-state index contributed by atoms with van der Waals surface area (Å²) in [5, 5.41) is 7.16. The van der Waals surface area contributed by atoms with Crippen molar-refractivity contribution in [1.82, 2.24) is 9.97 Å². The Morgan fingerprint density at radius 1 is 0.449 bits per heavy atom. The van der Waals surface area contributed by atoms with Crippen molar-refractivity contribution in [3.63, 3.8) is 0 Å². The molecule has 1 unspecified atom stereocenters. The van der Waals surface area contributed by atoms with Crippen molar-refractivity contribution in [3.05, 3.63) is 231 Å². The summed E-state index contributed by atoms with van der Waals surface area (Å²) < 4.78 is 0. The Morgan fingerprint density at radius 3 is 1.61 bits per heavy atom. The largest absolute Gasteiger partial charge is 3.00 e. The van der Waals surface area contributed by atoms with Gasteiger partial charge in [0, 0.05) is 0 Å². The summed E-state index contributed by atoms with van der Waals surface area (Å²) in [5.41, 5.74) is 12.7. The number of hydrogen-bond acceptors (Lipinski definition) is 1. The second kappa shape index (κ2) is 13.0. The maximum absolute atomic E-state index is 5.39. The first-order chi connectivity index (χ1) is 23.8. The van der Waals surface area contributed by atoms with Crippen molar-refractivity contribution in [3.8, 4) is 0 Å². The minimum absolute atomic E-state index is 0. The molecule has 5 heteroatoms.